The summed E-state index contributed by atoms with van der Waals surface area (Å²) < 4.78 is 24.2. The Morgan fingerprint density at radius 2 is 1.69 bits per heavy atom. The van der Waals surface area contributed by atoms with Gasteiger partial charge in [-0.05, 0) is 24.0 Å². The standard InChI is InChI=1S/C13H20O2S/c1-4-12(11(2)3)10-16(14,15)13-8-6-5-7-9-13/h5-9,11-12H,4,10H2,1-3H3. The summed E-state index contributed by atoms with van der Waals surface area (Å²) >= 11 is 0. The lowest BCUT2D eigenvalue weighted by Gasteiger charge is -2.18. The van der Waals surface area contributed by atoms with Crippen molar-refractivity contribution in [2.75, 3.05) is 5.75 Å². The van der Waals surface area contributed by atoms with Gasteiger partial charge in [-0.3, -0.25) is 0 Å². The lowest BCUT2D eigenvalue weighted by molar-refractivity contribution is 0.406. The van der Waals surface area contributed by atoms with Gasteiger partial charge < -0.3 is 0 Å². The quantitative estimate of drug-likeness (QED) is 0.792. The van der Waals surface area contributed by atoms with Crippen molar-refractivity contribution in [2.45, 2.75) is 32.1 Å². The molecule has 1 aromatic carbocycles. The number of benzene rings is 1. The predicted molar refractivity (Wildman–Crippen MR) is 67.1 cm³/mol. The third-order valence-corrected chi connectivity index (χ3v) is 4.86. The molecule has 0 aliphatic carbocycles. The van der Waals surface area contributed by atoms with Gasteiger partial charge in [0.25, 0.3) is 0 Å². The van der Waals surface area contributed by atoms with Crippen LogP contribution in [0.25, 0.3) is 0 Å². The molecular formula is C13H20O2S. The number of hydrogen-bond donors (Lipinski definition) is 0. The van der Waals surface area contributed by atoms with Gasteiger partial charge in [-0.1, -0.05) is 45.4 Å². The Kier molecular flexibility index (Phi) is 4.54. The minimum absolute atomic E-state index is 0.241. The molecule has 0 bridgehead atoms. The van der Waals surface area contributed by atoms with Crippen molar-refractivity contribution < 1.29 is 8.42 Å². The van der Waals surface area contributed by atoms with E-state index in [4.69, 9.17) is 0 Å². The van der Waals surface area contributed by atoms with Crippen LogP contribution in [0.5, 0.6) is 0 Å². The van der Waals surface area contributed by atoms with Crippen LogP contribution in [0.2, 0.25) is 0 Å². The third-order valence-electron chi connectivity index (χ3n) is 3.00. The summed E-state index contributed by atoms with van der Waals surface area (Å²) in [5.41, 5.74) is 0. The van der Waals surface area contributed by atoms with Crippen molar-refractivity contribution >= 4 is 9.84 Å². The van der Waals surface area contributed by atoms with E-state index in [0.717, 1.165) is 6.42 Å². The molecule has 0 aliphatic heterocycles. The van der Waals surface area contributed by atoms with E-state index >= 15 is 0 Å². The topological polar surface area (TPSA) is 34.1 Å². The second-order valence-corrected chi connectivity index (χ2v) is 6.54. The normalized spacial score (nSPS) is 14.0. The molecule has 0 aliphatic rings. The highest BCUT2D eigenvalue weighted by Crippen LogP contribution is 2.21. The van der Waals surface area contributed by atoms with Crippen LogP contribution in [0.4, 0.5) is 0 Å². The molecule has 0 N–H and O–H groups in total. The molecule has 16 heavy (non-hydrogen) atoms. The Morgan fingerprint density at radius 3 is 2.12 bits per heavy atom. The Hall–Kier alpha value is -0.830. The molecule has 90 valence electrons. The molecule has 0 saturated carbocycles. The van der Waals surface area contributed by atoms with Crippen molar-refractivity contribution in [1.29, 1.82) is 0 Å². The van der Waals surface area contributed by atoms with E-state index in [1.54, 1.807) is 24.3 Å². The maximum Gasteiger partial charge on any atom is 0.178 e. The first kappa shape index (κ1) is 13.2. The number of sulfone groups is 1. The minimum Gasteiger partial charge on any atom is -0.224 e. The van der Waals surface area contributed by atoms with Crippen LogP contribution in [-0.2, 0) is 9.84 Å². The smallest absolute Gasteiger partial charge is 0.178 e. The summed E-state index contributed by atoms with van der Waals surface area (Å²) in [5, 5.41) is 0. The van der Waals surface area contributed by atoms with Gasteiger partial charge >= 0.3 is 0 Å². The molecule has 0 heterocycles. The summed E-state index contributed by atoms with van der Waals surface area (Å²) in [5.74, 6) is 0.902. The maximum atomic E-state index is 12.1. The van der Waals surface area contributed by atoms with E-state index in [2.05, 4.69) is 13.8 Å². The van der Waals surface area contributed by atoms with Crippen LogP contribution >= 0.6 is 0 Å². The van der Waals surface area contributed by atoms with Crippen LogP contribution < -0.4 is 0 Å². The van der Waals surface area contributed by atoms with Gasteiger partial charge in [0.15, 0.2) is 9.84 Å². The highest BCUT2D eigenvalue weighted by molar-refractivity contribution is 7.91. The van der Waals surface area contributed by atoms with E-state index in [1.807, 2.05) is 13.0 Å². The second kappa shape index (κ2) is 5.48. The zero-order valence-corrected chi connectivity index (χ0v) is 11.0. The van der Waals surface area contributed by atoms with E-state index in [1.165, 1.54) is 0 Å². The molecule has 1 atom stereocenters. The molecule has 0 aromatic heterocycles. The molecule has 1 unspecified atom stereocenters. The van der Waals surface area contributed by atoms with Gasteiger partial charge in [0.2, 0.25) is 0 Å². The lowest BCUT2D eigenvalue weighted by atomic mass is 9.96. The average Bonchev–Trinajstić information content (AvgIpc) is 2.27. The van der Waals surface area contributed by atoms with E-state index in [9.17, 15) is 8.42 Å². The molecule has 1 rings (SSSR count). The zero-order valence-electron chi connectivity index (χ0n) is 10.2. The fourth-order valence-electron chi connectivity index (χ4n) is 1.79. The number of hydrogen-bond acceptors (Lipinski definition) is 2. The SMILES string of the molecule is CCC(CS(=O)(=O)c1ccccc1)C(C)C. The molecule has 0 fully saturated rings. The molecule has 0 spiro atoms. The first-order valence-corrected chi connectivity index (χ1v) is 7.40. The summed E-state index contributed by atoms with van der Waals surface area (Å²) in [4.78, 5) is 0.439. The zero-order chi connectivity index (χ0) is 12.2. The Bertz CT molecular complexity index is 407. The fourth-order valence-corrected chi connectivity index (χ4v) is 3.74. The summed E-state index contributed by atoms with van der Waals surface area (Å²) in [6.45, 7) is 6.20. The Labute approximate surface area is 98.6 Å². The molecule has 0 amide bonds. The Balaban J connectivity index is 2.88. The van der Waals surface area contributed by atoms with Crippen LogP contribution in [0, 0.1) is 11.8 Å². The highest BCUT2D eigenvalue weighted by atomic mass is 32.2. The van der Waals surface area contributed by atoms with Gasteiger partial charge in [0.05, 0.1) is 10.6 Å². The highest BCUT2D eigenvalue weighted by Gasteiger charge is 2.21. The third kappa shape index (κ3) is 3.34. The maximum absolute atomic E-state index is 12.1. The van der Waals surface area contributed by atoms with E-state index in [-0.39, 0.29) is 11.7 Å². The minimum atomic E-state index is -3.12. The van der Waals surface area contributed by atoms with Crippen molar-refractivity contribution in [3.63, 3.8) is 0 Å². The van der Waals surface area contributed by atoms with Crippen LogP contribution in [0.15, 0.2) is 35.2 Å². The van der Waals surface area contributed by atoms with Gasteiger partial charge in [-0.25, -0.2) is 8.42 Å². The van der Waals surface area contributed by atoms with Gasteiger partial charge in [-0.2, -0.15) is 0 Å². The molecule has 3 heteroatoms. The van der Waals surface area contributed by atoms with Crippen LogP contribution in [-0.4, -0.2) is 14.2 Å². The van der Waals surface area contributed by atoms with Crippen molar-refractivity contribution in [3.05, 3.63) is 30.3 Å². The van der Waals surface area contributed by atoms with Crippen molar-refractivity contribution in [3.8, 4) is 0 Å². The average molecular weight is 240 g/mol. The summed E-state index contributed by atoms with van der Waals surface area (Å²) in [6, 6.07) is 8.70. The molecule has 0 radical (unpaired) electrons. The molecule has 1 aromatic rings. The Morgan fingerprint density at radius 1 is 1.12 bits per heavy atom. The van der Waals surface area contributed by atoms with Crippen LogP contribution in [0.1, 0.15) is 27.2 Å². The largest absolute Gasteiger partial charge is 0.224 e. The molecule has 2 nitrogen and oxygen atoms in total. The van der Waals surface area contributed by atoms with E-state index < -0.39 is 9.84 Å². The molecule has 0 saturated heterocycles. The number of rotatable bonds is 5. The summed E-state index contributed by atoms with van der Waals surface area (Å²) in [7, 11) is -3.12. The van der Waals surface area contributed by atoms with Gasteiger partial charge in [0, 0.05) is 0 Å². The summed E-state index contributed by atoms with van der Waals surface area (Å²) in [6.07, 6.45) is 0.906. The van der Waals surface area contributed by atoms with Gasteiger partial charge in [-0.15, -0.1) is 0 Å². The lowest BCUT2D eigenvalue weighted by Crippen LogP contribution is -2.20. The van der Waals surface area contributed by atoms with Crippen LogP contribution in [0.3, 0.4) is 0 Å². The fraction of sp³-hybridized carbons (Fsp3) is 0.538. The van der Waals surface area contributed by atoms with Gasteiger partial charge in [0.1, 0.15) is 0 Å². The van der Waals surface area contributed by atoms with E-state index in [0.29, 0.717) is 10.8 Å². The van der Waals surface area contributed by atoms with Crippen molar-refractivity contribution in [1.82, 2.24) is 0 Å². The predicted octanol–water partition coefficient (Wildman–Crippen LogP) is 3.14. The second-order valence-electron chi connectivity index (χ2n) is 4.51. The molecular weight excluding hydrogens is 220 g/mol. The monoisotopic (exact) mass is 240 g/mol. The van der Waals surface area contributed by atoms with Crippen molar-refractivity contribution in [2.24, 2.45) is 11.8 Å². The first-order valence-electron chi connectivity index (χ1n) is 5.75. The first-order chi connectivity index (χ1) is 7.47.